The molecule has 19 heavy (non-hydrogen) atoms. The Kier molecular flexibility index (Phi) is 3.93. The zero-order chi connectivity index (χ0) is 14.0. The van der Waals surface area contributed by atoms with Crippen LogP contribution in [0.25, 0.3) is 0 Å². The molecular weight excluding hydrogens is 258 g/mol. The van der Waals surface area contributed by atoms with E-state index in [0.717, 1.165) is 36.2 Å². The highest BCUT2D eigenvalue weighted by molar-refractivity contribution is 7.16. The highest BCUT2D eigenvalue weighted by Gasteiger charge is 2.39. The summed E-state index contributed by atoms with van der Waals surface area (Å²) >= 11 is 1.48. The molecule has 1 aliphatic rings. The average molecular weight is 277 g/mol. The molecule has 1 atom stereocenters. The molecule has 1 saturated heterocycles. The number of carbonyl (C=O) groups is 1. The zero-order valence-electron chi connectivity index (χ0n) is 11.6. The van der Waals surface area contributed by atoms with Crippen molar-refractivity contribution in [2.75, 3.05) is 11.9 Å². The van der Waals surface area contributed by atoms with Gasteiger partial charge in [0, 0.05) is 4.88 Å². The van der Waals surface area contributed by atoms with Gasteiger partial charge in [-0.2, -0.15) is 5.26 Å². The Morgan fingerprint density at radius 1 is 1.58 bits per heavy atom. The Morgan fingerprint density at radius 3 is 2.84 bits per heavy atom. The number of carbonyl (C=O) groups excluding carboxylic acids is 1. The summed E-state index contributed by atoms with van der Waals surface area (Å²) in [7, 11) is 0. The molecule has 2 heterocycles. The summed E-state index contributed by atoms with van der Waals surface area (Å²) in [6.07, 6.45) is 2.65. The van der Waals surface area contributed by atoms with Crippen molar-refractivity contribution in [2.45, 2.75) is 45.6 Å². The van der Waals surface area contributed by atoms with Crippen LogP contribution < -0.4 is 10.6 Å². The Morgan fingerprint density at radius 2 is 2.32 bits per heavy atom. The van der Waals surface area contributed by atoms with Gasteiger partial charge in [0.15, 0.2) is 0 Å². The fourth-order valence-electron chi connectivity index (χ4n) is 2.53. The van der Waals surface area contributed by atoms with Gasteiger partial charge in [-0.15, -0.1) is 11.3 Å². The van der Waals surface area contributed by atoms with E-state index in [2.05, 4.69) is 16.7 Å². The zero-order valence-corrected chi connectivity index (χ0v) is 12.4. The molecule has 1 unspecified atom stereocenters. The number of hydrogen-bond donors (Lipinski definition) is 2. The molecule has 1 fully saturated rings. The molecule has 0 aliphatic carbocycles. The first-order valence-electron chi connectivity index (χ1n) is 6.60. The molecule has 1 aliphatic heterocycles. The Balaban J connectivity index is 2.24. The highest BCUT2D eigenvalue weighted by Crippen LogP contribution is 2.33. The fourth-order valence-corrected chi connectivity index (χ4v) is 3.54. The van der Waals surface area contributed by atoms with Gasteiger partial charge >= 0.3 is 0 Å². The van der Waals surface area contributed by atoms with E-state index >= 15 is 0 Å². The fraction of sp³-hybridized carbons (Fsp3) is 0.571. The number of nitrogens with zero attached hydrogens (tertiary/aromatic N) is 1. The van der Waals surface area contributed by atoms with Gasteiger partial charge in [-0.1, -0.05) is 6.92 Å². The van der Waals surface area contributed by atoms with Gasteiger partial charge in [-0.25, -0.2) is 0 Å². The number of hydrogen-bond acceptors (Lipinski definition) is 4. The second kappa shape index (κ2) is 5.32. The lowest BCUT2D eigenvalue weighted by atomic mass is 9.93. The van der Waals surface area contributed by atoms with E-state index in [4.69, 9.17) is 0 Å². The van der Waals surface area contributed by atoms with E-state index in [1.165, 1.54) is 11.3 Å². The number of anilines is 1. The van der Waals surface area contributed by atoms with E-state index in [1.54, 1.807) is 0 Å². The lowest BCUT2D eigenvalue weighted by molar-refractivity contribution is -0.122. The highest BCUT2D eigenvalue weighted by atomic mass is 32.1. The van der Waals surface area contributed by atoms with Crippen LogP contribution in [0.1, 0.15) is 42.2 Å². The minimum absolute atomic E-state index is 0.00903. The summed E-state index contributed by atoms with van der Waals surface area (Å²) in [6.45, 7) is 6.80. The van der Waals surface area contributed by atoms with Gasteiger partial charge in [0.25, 0.3) is 0 Å². The van der Waals surface area contributed by atoms with E-state index in [-0.39, 0.29) is 5.91 Å². The Bertz CT molecular complexity index is 536. The summed E-state index contributed by atoms with van der Waals surface area (Å²) in [5.74, 6) is -0.00903. The van der Waals surface area contributed by atoms with Crippen molar-refractivity contribution in [1.29, 1.82) is 5.26 Å². The van der Waals surface area contributed by atoms with Gasteiger partial charge in [0.05, 0.1) is 11.1 Å². The van der Waals surface area contributed by atoms with Gasteiger partial charge in [0.1, 0.15) is 11.1 Å². The molecule has 2 rings (SSSR count). The second-order valence-corrected chi connectivity index (χ2v) is 6.24. The molecule has 1 aromatic heterocycles. The van der Waals surface area contributed by atoms with Crippen LogP contribution in [0, 0.1) is 25.2 Å². The van der Waals surface area contributed by atoms with E-state index in [0.29, 0.717) is 10.6 Å². The monoisotopic (exact) mass is 277 g/mol. The molecule has 0 bridgehead atoms. The third-order valence-electron chi connectivity index (χ3n) is 4.01. The molecular formula is C14H19N3OS. The largest absolute Gasteiger partial charge is 0.315 e. The molecule has 0 aromatic carbocycles. The van der Waals surface area contributed by atoms with Crippen molar-refractivity contribution in [1.82, 2.24) is 5.32 Å². The van der Waals surface area contributed by atoms with Crippen LogP contribution in [0.2, 0.25) is 0 Å². The first-order valence-corrected chi connectivity index (χ1v) is 7.42. The predicted octanol–water partition coefficient (Wildman–Crippen LogP) is 2.71. The maximum atomic E-state index is 12.5. The maximum Gasteiger partial charge on any atom is 0.245 e. The molecule has 2 N–H and O–H groups in total. The van der Waals surface area contributed by atoms with Crippen molar-refractivity contribution in [3.05, 3.63) is 16.0 Å². The van der Waals surface area contributed by atoms with Crippen molar-refractivity contribution in [3.8, 4) is 6.07 Å². The number of thiophene rings is 1. The van der Waals surface area contributed by atoms with Crippen molar-refractivity contribution in [2.24, 2.45) is 0 Å². The van der Waals surface area contributed by atoms with Gasteiger partial charge in [-0.3, -0.25) is 4.79 Å². The third-order valence-corrected chi connectivity index (χ3v) is 5.13. The van der Waals surface area contributed by atoms with Crippen molar-refractivity contribution in [3.63, 3.8) is 0 Å². The van der Waals surface area contributed by atoms with Crippen molar-refractivity contribution < 1.29 is 4.79 Å². The molecule has 0 spiro atoms. The van der Waals surface area contributed by atoms with E-state index in [9.17, 15) is 10.1 Å². The third kappa shape index (κ3) is 2.38. The molecule has 102 valence electrons. The predicted molar refractivity (Wildman–Crippen MR) is 77.4 cm³/mol. The summed E-state index contributed by atoms with van der Waals surface area (Å²) in [6, 6.07) is 2.19. The number of nitriles is 1. The van der Waals surface area contributed by atoms with Gasteiger partial charge in [0.2, 0.25) is 5.91 Å². The van der Waals surface area contributed by atoms with Crippen LogP contribution in [-0.4, -0.2) is 18.0 Å². The molecule has 1 aromatic rings. The Labute approximate surface area is 117 Å². The summed E-state index contributed by atoms with van der Waals surface area (Å²) in [5, 5.41) is 16.1. The van der Waals surface area contributed by atoms with E-state index in [1.807, 2.05) is 20.8 Å². The lowest BCUT2D eigenvalue weighted by Crippen LogP contribution is -2.50. The number of amides is 1. The SMILES string of the molecule is CCC1(C(=O)Nc2sc(C)c(C)c2C#N)CCCN1. The van der Waals surface area contributed by atoms with Crippen LogP contribution >= 0.6 is 11.3 Å². The van der Waals surface area contributed by atoms with E-state index < -0.39 is 5.54 Å². The maximum absolute atomic E-state index is 12.5. The quantitative estimate of drug-likeness (QED) is 0.892. The lowest BCUT2D eigenvalue weighted by Gasteiger charge is -2.26. The van der Waals surface area contributed by atoms with Crippen LogP contribution in [0.5, 0.6) is 0 Å². The topological polar surface area (TPSA) is 64.9 Å². The summed E-state index contributed by atoms with van der Waals surface area (Å²) in [4.78, 5) is 13.6. The molecule has 1 amide bonds. The molecule has 4 nitrogen and oxygen atoms in total. The average Bonchev–Trinajstić information content (AvgIpc) is 2.97. The minimum atomic E-state index is -0.460. The smallest absolute Gasteiger partial charge is 0.245 e. The normalized spacial score (nSPS) is 22.2. The molecule has 5 heteroatoms. The first-order chi connectivity index (χ1) is 9.04. The second-order valence-electron chi connectivity index (χ2n) is 5.02. The van der Waals surface area contributed by atoms with Crippen molar-refractivity contribution >= 4 is 22.2 Å². The first kappa shape index (κ1) is 14.0. The summed E-state index contributed by atoms with van der Waals surface area (Å²) < 4.78 is 0. The van der Waals surface area contributed by atoms with Gasteiger partial charge in [-0.05, 0) is 45.2 Å². The standard InChI is InChI=1S/C14H19N3OS/c1-4-14(6-5-7-16-14)13(18)17-12-11(8-15)9(2)10(3)19-12/h16H,4-7H2,1-3H3,(H,17,18). The van der Waals surface area contributed by atoms with Crippen LogP contribution in [0.4, 0.5) is 5.00 Å². The van der Waals surface area contributed by atoms with Gasteiger partial charge < -0.3 is 10.6 Å². The molecule has 0 radical (unpaired) electrons. The number of aryl methyl sites for hydroxylation is 1. The number of rotatable bonds is 3. The van der Waals surface area contributed by atoms with Crippen LogP contribution in [-0.2, 0) is 4.79 Å². The number of nitrogens with one attached hydrogen (secondary N) is 2. The molecule has 0 saturated carbocycles. The van der Waals surface area contributed by atoms with Crippen LogP contribution in [0.3, 0.4) is 0 Å². The van der Waals surface area contributed by atoms with Crippen LogP contribution in [0.15, 0.2) is 0 Å². The summed E-state index contributed by atoms with van der Waals surface area (Å²) in [5.41, 5.74) is 1.10. The Hall–Kier alpha value is -1.38. The minimum Gasteiger partial charge on any atom is -0.315 e.